The smallest absolute Gasteiger partial charge is 0.160 e. The number of benzene rings is 4. The number of para-hydroxylation sites is 2. The summed E-state index contributed by atoms with van der Waals surface area (Å²) in [5.41, 5.74) is 8.20. The molecule has 9 rings (SSSR count). The number of hydrogen-bond donors (Lipinski definition) is 0. The highest BCUT2D eigenvalue weighted by molar-refractivity contribution is 6.17. The second-order valence-corrected chi connectivity index (χ2v) is 10.4. The molecule has 5 aromatic heterocycles. The Labute approximate surface area is 239 Å². The van der Waals surface area contributed by atoms with Gasteiger partial charge in [0.2, 0.25) is 0 Å². The fourth-order valence-electron chi connectivity index (χ4n) is 6.12. The molecule has 6 nitrogen and oxygen atoms in total. The van der Waals surface area contributed by atoms with Crippen LogP contribution >= 0.6 is 0 Å². The number of hydrogen-bond acceptors (Lipinski definition) is 6. The molecule has 42 heavy (non-hydrogen) atoms. The van der Waals surface area contributed by atoms with Crippen LogP contribution in [0.1, 0.15) is 0 Å². The van der Waals surface area contributed by atoms with Crippen LogP contribution in [0, 0.1) is 0 Å². The third-order valence-corrected chi connectivity index (χ3v) is 8.01. The number of nitrogens with zero attached hydrogens (tertiary/aromatic N) is 6. The van der Waals surface area contributed by atoms with E-state index in [0.717, 1.165) is 82.1 Å². The molecule has 0 fully saturated rings. The van der Waals surface area contributed by atoms with Gasteiger partial charge in [-0.2, -0.15) is 0 Å². The van der Waals surface area contributed by atoms with E-state index in [-0.39, 0.29) is 0 Å². The molecule has 0 aliphatic heterocycles. The zero-order valence-corrected chi connectivity index (χ0v) is 22.2. The second-order valence-electron chi connectivity index (χ2n) is 10.4. The molecular weight excluding hydrogens is 516 g/mol. The van der Waals surface area contributed by atoms with Gasteiger partial charge >= 0.3 is 0 Å². The lowest BCUT2D eigenvalue weighted by atomic mass is 9.96. The van der Waals surface area contributed by atoms with Gasteiger partial charge in [0, 0.05) is 73.8 Å². The van der Waals surface area contributed by atoms with Crippen LogP contribution in [0.25, 0.3) is 87.9 Å². The van der Waals surface area contributed by atoms with E-state index in [4.69, 9.17) is 19.9 Å². The second kappa shape index (κ2) is 8.81. The number of fused-ring (bicyclic) bond motifs is 8. The van der Waals surface area contributed by atoms with Gasteiger partial charge in [-0.1, -0.05) is 72.8 Å². The van der Waals surface area contributed by atoms with Crippen molar-refractivity contribution in [2.45, 2.75) is 0 Å². The highest BCUT2D eigenvalue weighted by atomic mass is 14.9. The summed E-state index contributed by atoms with van der Waals surface area (Å²) in [7, 11) is 0. The van der Waals surface area contributed by atoms with Crippen molar-refractivity contribution < 1.29 is 0 Å². The zero-order chi connectivity index (χ0) is 27.6. The molecular formula is C36H20N6. The van der Waals surface area contributed by atoms with E-state index in [1.807, 2.05) is 73.3 Å². The predicted molar refractivity (Wildman–Crippen MR) is 169 cm³/mol. The van der Waals surface area contributed by atoms with Crippen LogP contribution in [-0.4, -0.2) is 29.9 Å². The maximum absolute atomic E-state index is 5.03. The normalized spacial score (nSPS) is 11.8. The van der Waals surface area contributed by atoms with Crippen LogP contribution in [0.5, 0.6) is 0 Å². The van der Waals surface area contributed by atoms with Gasteiger partial charge in [-0.15, -0.1) is 0 Å². The Bertz CT molecular complexity index is 2340. The van der Waals surface area contributed by atoms with Gasteiger partial charge in [0.1, 0.15) is 0 Å². The van der Waals surface area contributed by atoms with Crippen molar-refractivity contribution in [1.29, 1.82) is 0 Å². The first-order chi connectivity index (χ1) is 20.8. The average Bonchev–Trinajstić information content (AvgIpc) is 3.06. The molecule has 4 aromatic carbocycles. The van der Waals surface area contributed by atoms with Crippen molar-refractivity contribution in [3.8, 4) is 22.5 Å². The van der Waals surface area contributed by atoms with Gasteiger partial charge in [0.05, 0.1) is 33.1 Å². The Balaban J connectivity index is 1.31. The summed E-state index contributed by atoms with van der Waals surface area (Å²) in [4.78, 5) is 29.4. The van der Waals surface area contributed by atoms with Gasteiger partial charge in [-0.25, -0.2) is 19.9 Å². The molecule has 0 N–H and O–H groups in total. The van der Waals surface area contributed by atoms with Crippen molar-refractivity contribution in [2.24, 2.45) is 0 Å². The molecule has 0 saturated heterocycles. The minimum absolute atomic E-state index is 0.646. The fraction of sp³-hybridized carbons (Fsp3) is 0. The maximum atomic E-state index is 5.03. The summed E-state index contributed by atoms with van der Waals surface area (Å²) in [5.74, 6) is 0.646. The number of pyridine rings is 4. The molecule has 0 spiro atoms. The Morgan fingerprint density at radius 1 is 0.381 bits per heavy atom. The largest absolute Gasteiger partial charge is 0.254 e. The lowest BCUT2D eigenvalue weighted by Gasteiger charge is -2.14. The van der Waals surface area contributed by atoms with Gasteiger partial charge in [-0.3, -0.25) is 9.97 Å². The summed E-state index contributed by atoms with van der Waals surface area (Å²) in [6.45, 7) is 0. The van der Waals surface area contributed by atoms with E-state index in [9.17, 15) is 0 Å². The van der Waals surface area contributed by atoms with Crippen molar-refractivity contribution in [2.75, 3.05) is 0 Å². The minimum Gasteiger partial charge on any atom is -0.254 e. The topological polar surface area (TPSA) is 77.3 Å². The predicted octanol–water partition coefficient (Wildman–Crippen LogP) is 8.31. The SMILES string of the molecule is c1cnc2c(c1)ccc1c(-c3cnc(-c4c5ccccc5nc5c4ccc4cccnc45)nc3)c3ccccc3nc12. The van der Waals surface area contributed by atoms with Crippen molar-refractivity contribution in [3.63, 3.8) is 0 Å². The molecule has 0 unspecified atom stereocenters. The lowest BCUT2D eigenvalue weighted by molar-refractivity contribution is 1.19. The molecule has 0 radical (unpaired) electrons. The Kier molecular flexibility index (Phi) is 4.80. The molecule has 0 saturated carbocycles. The molecule has 194 valence electrons. The van der Waals surface area contributed by atoms with Crippen LogP contribution in [0.4, 0.5) is 0 Å². The first-order valence-electron chi connectivity index (χ1n) is 13.8. The Morgan fingerprint density at radius 3 is 1.50 bits per heavy atom. The maximum Gasteiger partial charge on any atom is 0.160 e. The van der Waals surface area contributed by atoms with Crippen molar-refractivity contribution in [1.82, 2.24) is 29.9 Å². The van der Waals surface area contributed by atoms with E-state index in [1.165, 1.54) is 0 Å². The first-order valence-corrected chi connectivity index (χ1v) is 13.8. The highest BCUT2D eigenvalue weighted by Crippen LogP contribution is 2.39. The molecule has 5 heterocycles. The lowest BCUT2D eigenvalue weighted by Crippen LogP contribution is -1.96. The van der Waals surface area contributed by atoms with E-state index < -0.39 is 0 Å². The number of aromatic nitrogens is 6. The molecule has 6 heteroatoms. The van der Waals surface area contributed by atoms with Gasteiger partial charge < -0.3 is 0 Å². The fourth-order valence-corrected chi connectivity index (χ4v) is 6.12. The standard InChI is InChI=1S/C36H20N6/c1-3-11-28-24(9-1)30(26-15-13-21-7-5-17-37-32(21)34(26)41-28)23-19-39-36(40-20-23)31-25-10-2-4-12-29(25)42-35-27(31)16-14-22-8-6-18-38-33(22)35/h1-20H. The molecule has 0 aliphatic rings. The summed E-state index contributed by atoms with van der Waals surface area (Å²) in [5, 5.41) is 6.16. The third-order valence-electron chi connectivity index (χ3n) is 8.01. The average molecular weight is 537 g/mol. The quantitative estimate of drug-likeness (QED) is 0.163. The summed E-state index contributed by atoms with van der Waals surface area (Å²) < 4.78 is 0. The van der Waals surface area contributed by atoms with Crippen molar-refractivity contribution >= 4 is 65.4 Å². The van der Waals surface area contributed by atoms with Gasteiger partial charge in [0.25, 0.3) is 0 Å². The molecule has 9 aromatic rings. The van der Waals surface area contributed by atoms with Gasteiger partial charge in [-0.05, 0) is 24.3 Å². The molecule has 0 aliphatic carbocycles. The van der Waals surface area contributed by atoms with Crippen LogP contribution in [0.15, 0.2) is 122 Å². The van der Waals surface area contributed by atoms with E-state index in [2.05, 4.69) is 58.5 Å². The van der Waals surface area contributed by atoms with Gasteiger partial charge in [0.15, 0.2) is 5.82 Å². The molecule has 0 amide bonds. The Hall–Kier alpha value is -5.88. The van der Waals surface area contributed by atoms with E-state index >= 15 is 0 Å². The Morgan fingerprint density at radius 2 is 0.905 bits per heavy atom. The first kappa shape index (κ1) is 22.9. The van der Waals surface area contributed by atoms with Crippen LogP contribution in [0.3, 0.4) is 0 Å². The monoisotopic (exact) mass is 536 g/mol. The molecule has 0 bridgehead atoms. The summed E-state index contributed by atoms with van der Waals surface area (Å²) in [6.07, 6.45) is 7.48. The summed E-state index contributed by atoms with van der Waals surface area (Å²) in [6, 6.07) is 32.8. The van der Waals surface area contributed by atoms with E-state index in [1.54, 1.807) is 0 Å². The zero-order valence-electron chi connectivity index (χ0n) is 22.2. The van der Waals surface area contributed by atoms with Crippen molar-refractivity contribution in [3.05, 3.63) is 122 Å². The highest BCUT2D eigenvalue weighted by Gasteiger charge is 2.18. The van der Waals surface area contributed by atoms with E-state index in [0.29, 0.717) is 5.82 Å². The third kappa shape index (κ3) is 3.32. The number of rotatable bonds is 2. The minimum atomic E-state index is 0.646. The molecule has 0 atom stereocenters. The van der Waals surface area contributed by atoms with Crippen LogP contribution < -0.4 is 0 Å². The van der Waals surface area contributed by atoms with Crippen LogP contribution in [-0.2, 0) is 0 Å². The summed E-state index contributed by atoms with van der Waals surface area (Å²) >= 11 is 0. The van der Waals surface area contributed by atoms with Crippen LogP contribution in [0.2, 0.25) is 0 Å².